The fourth-order valence-corrected chi connectivity index (χ4v) is 3.73. The minimum absolute atomic E-state index is 0.155. The van der Waals surface area contributed by atoms with Gasteiger partial charge in [0.2, 0.25) is 0 Å². The molecular weight excluding hydrogens is 356 g/mol. The average molecular weight is 382 g/mol. The molecule has 0 fully saturated rings. The highest BCUT2D eigenvalue weighted by molar-refractivity contribution is 5.49. The number of carbonyl (C=O) groups excluding carboxylic acids is 4. The number of hydrogen-bond donors (Lipinski definition) is 0. The molecule has 0 aliphatic heterocycles. The molecule has 0 N–H and O–H groups in total. The third-order valence-corrected chi connectivity index (χ3v) is 5.17. The van der Waals surface area contributed by atoms with Gasteiger partial charge in [0.05, 0.1) is 12.7 Å². The summed E-state index contributed by atoms with van der Waals surface area (Å²) < 4.78 is 6.41. The Labute approximate surface area is 165 Å². The lowest BCUT2D eigenvalue weighted by molar-refractivity contribution is -0.193. The predicted octanol–water partition coefficient (Wildman–Crippen LogP) is 4.29. The van der Waals surface area contributed by atoms with Crippen molar-refractivity contribution in [2.24, 2.45) is 5.41 Å². The van der Waals surface area contributed by atoms with Crippen molar-refractivity contribution in [2.75, 3.05) is 0 Å². The summed E-state index contributed by atoms with van der Waals surface area (Å²) in [4.78, 5) is 32.5. The van der Waals surface area contributed by atoms with Crippen LogP contribution in [-0.2, 0) is 36.9 Å². The van der Waals surface area contributed by atoms with Crippen LogP contribution in [0.2, 0.25) is 0 Å². The summed E-state index contributed by atoms with van der Waals surface area (Å²) >= 11 is 0. The van der Waals surface area contributed by atoms with Crippen LogP contribution in [0, 0.1) is 26.2 Å². The van der Waals surface area contributed by atoms with E-state index in [0.717, 1.165) is 6.42 Å². The van der Waals surface area contributed by atoms with Crippen molar-refractivity contribution in [1.29, 1.82) is 0 Å². The molecule has 0 saturated carbocycles. The molecule has 5 nitrogen and oxygen atoms in total. The molecule has 0 spiro atoms. The van der Waals surface area contributed by atoms with Gasteiger partial charge in [-0.3, -0.25) is 0 Å². The first-order chi connectivity index (χ1) is 13.2. The highest BCUT2D eigenvalue weighted by Gasteiger charge is 2.41. The van der Waals surface area contributed by atoms with Gasteiger partial charge in [-0.05, 0) is 66.0 Å². The Hall–Kier alpha value is -2.84. The minimum atomic E-state index is 0.155. The van der Waals surface area contributed by atoms with E-state index >= 15 is 0 Å². The van der Waals surface area contributed by atoms with Crippen LogP contribution in [0.5, 0.6) is 0 Å². The van der Waals surface area contributed by atoms with Gasteiger partial charge in [-0.2, -0.15) is 19.2 Å². The first-order valence-corrected chi connectivity index (χ1v) is 8.97. The van der Waals surface area contributed by atoms with E-state index in [2.05, 4.69) is 71.0 Å². The lowest BCUT2D eigenvalue weighted by Gasteiger charge is -2.28. The van der Waals surface area contributed by atoms with E-state index in [0.29, 0.717) is 6.61 Å². The normalized spacial score (nSPS) is 15.7. The lowest BCUT2D eigenvalue weighted by atomic mass is 9.86. The van der Waals surface area contributed by atoms with Gasteiger partial charge < -0.3 is 4.74 Å². The van der Waals surface area contributed by atoms with Crippen molar-refractivity contribution in [2.45, 2.75) is 53.8 Å². The van der Waals surface area contributed by atoms with Crippen molar-refractivity contribution >= 4 is 12.3 Å². The second-order valence-corrected chi connectivity index (χ2v) is 7.52. The molecule has 2 aromatic carbocycles. The Balaban J connectivity index is 0.000000582. The Morgan fingerprint density at radius 1 is 0.964 bits per heavy atom. The van der Waals surface area contributed by atoms with Crippen LogP contribution >= 0.6 is 0 Å². The third kappa shape index (κ3) is 5.58. The smallest absolute Gasteiger partial charge is 0.368 e. The molecule has 5 heteroatoms. The maximum atomic E-state index is 8.12. The molecule has 1 aliphatic carbocycles. The number of rotatable bonds is 3. The van der Waals surface area contributed by atoms with Crippen LogP contribution in [0.25, 0.3) is 0 Å². The summed E-state index contributed by atoms with van der Waals surface area (Å²) in [6.45, 7) is 12.0. The zero-order valence-electron chi connectivity index (χ0n) is 17.0. The van der Waals surface area contributed by atoms with Gasteiger partial charge in [-0.1, -0.05) is 50.2 Å². The summed E-state index contributed by atoms with van der Waals surface area (Å²) in [5.41, 5.74) is 8.53. The van der Waals surface area contributed by atoms with Crippen LogP contribution in [0.15, 0.2) is 36.4 Å². The van der Waals surface area contributed by atoms with Gasteiger partial charge in [0.1, 0.15) is 0 Å². The van der Waals surface area contributed by atoms with E-state index in [1.807, 2.05) is 0 Å². The first kappa shape index (κ1) is 23.2. The molecule has 0 aromatic heterocycles. The van der Waals surface area contributed by atoms with Gasteiger partial charge in [-0.15, -0.1) is 0 Å². The van der Waals surface area contributed by atoms with E-state index < -0.39 is 0 Å². The van der Waals surface area contributed by atoms with Crippen LogP contribution < -0.4 is 0 Å². The van der Waals surface area contributed by atoms with E-state index in [9.17, 15) is 0 Å². The van der Waals surface area contributed by atoms with Gasteiger partial charge >= 0.3 is 12.3 Å². The summed E-state index contributed by atoms with van der Waals surface area (Å²) in [6, 6.07) is 12.8. The fraction of sp³-hybridized carbons (Fsp3) is 0.391. The Kier molecular flexibility index (Phi) is 8.69. The standard InChI is InChI=1S/C21H26O.2CO2/c1-14-11-18-12-21(4,5)20(19(18)16(3)15(14)2)22-13-17-9-7-6-8-10-17;2*2-1-3/h6-11,20H,12-13H2,1-5H3;;. The molecule has 2 aromatic rings. The summed E-state index contributed by atoms with van der Waals surface area (Å²) in [7, 11) is 0. The van der Waals surface area contributed by atoms with Gasteiger partial charge in [0.25, 0.3) is 0 Å². The van der Waals surface area contributed by atoms with Crippen molar-refractivity contribution in [3.05, 3.63) is 69.8 Å². The Morgan fingerprint density at radius 3 is 2.04 bits per heavy atom. The molecule has 1 unspecified atom stereocenters. The van der Waals surface area contributed by atoms with Gasteiger partial charge in [-0.25, -0.2) is 0 Å². The summed E-state index contributed by atoms with van der Waals surface area (Å²) in [5.74, 6) is 0. The maximum Gasteiger partial charge on any atom is 0.373 e. The maximum absolute atomic E-state index is 8.12. The van der Waals surface area contributed by atoms with E-state index in [-0.39, 0.29) is 23.8 Å². The third-order valence-electron chi connectivity index (χ3n) is 5.17. The fourth-order valence-electron chi connectivity index (χ4n) is 3.73. The number of ether oxygens (including phenoxy) is 1. The van der Waals surface area contributed by atoms with E-state index in [4.69, 9.17) is 23.9 Å². The monoisotopic (exact) mass is 382 g/mol. The summed E-state index contributed by atoms with van der Waals surface area (Å²) in [5, 5.41) is 0. The number of aryl methyl sites for hydroxylation is 1. The molecule has 1 atom stereocenters. The minimum Gasteiger partial charge on any atom is -0.368 e. The van der Waals surface area contributed by atoms with Crippen LogP contribution in [0.4, 0.5) is 0 Å². The second-order valence-electron chi connectivity index (χ2n) is 7.52. The largest absolute Gasteiger partial charge is 0.373 e. The van der Waals surface area contributed by atoms with Crippen LogP contribution in [0.3, 0.4) is 0 Å². The molecular formula is C23H26O5. The zero-order valence-corrected chi connectivity index (χ0v) is 17.0. The summed E-state index contributed by atoms with van der Waals surface area (Å²) in [6.07, 6.45) is 1.78. The molecule has 0 amide bonds. The van der Waals surface area contributed by atoms with Crippen molar-refractivity contribution in [3.63, 3.8) is 0 Å². The molecule has 28 heavy (non-hydrogen) atoms. The first-order valence-electron chi connectivity index (χ1n) is 8.97. The van der Waals surface area contributed by atoms with E-state index in [1.54, 1.807) is 0 Å². The highest BCUT2D eigenvalue weighted by Crippen LogP contribution is 2.50. The van der Waals surface area contributed by atoms with Crippen LogP contribution in [-0.4, -0.2) is 12.3 Å². The molecule has 0 radical (unpaired) electrons. The van der Waals surface area contributed by atoms with E-state index in [1.165, 1.54) is 33.4 Å². The molecule has 0 bridgehead atoms. The number of hydrogen-bond acceptors (Lipinski definition) is 5. The van der Waals surface area contributed by atoms with Gasteiger partial charge in [0, 0.05) is 0 Å². The Morgan fingerprint density at radius 2 is 1.50 bits per heavy atom. The molecule has 1 aliphatic rings. The number of fused-ring (bicyclic) bond motifs is 1. The van der Waals surface area contributed by atoms with Gasteiger partial charge in [0.15, 0.2) is 0 Å². The zero-order chi connectivity index (χ0) is 21.3. The average Bonchev–Trinajstić information content (AvgIpc) is 2.89. The number of benzene rings is 2. The predicted molar refractivity (Wildman–Crippen MR) is 102 cm³/mol. The Bertz CT molecular complexity index is 844. The molecule has 0 heterocycles. The van der Waals surface area contributed by atoms with Crippen LogP contribution in [0.1, 0.15) is 53.3 Å². The topological polar surface area (TPSA) is 77.5 Å². The van der Waals surface area contributed by atoms with Crippen molar-refractivity contribution in [1.82, 2.24) is 0 Å². The quantitative estimate of drug-likeness (QED) is 0.791. The highest BCUT2D eigenvalue weighted by atomic mass is 16.5. The lowest BCUT2D eigenvalue weighted by Crippen LogP contribution is -2.20. The second kappa shape index (κ2) is 10.5. The van der Waals surface area contributed by atoms with Crippen molar-refractivity contribution in [3.8, 4) is 0 Å². The van der Waals surface area contributed by atoms with Crippen molar-refractivity contribution < 1.29 is 23.9 Å². The molecule has 3 rings (SSSR count). The molecule has 0 saturated heterocycles. The SMILES string of the molecule is Cc1cc2c(c(C)c1C)C(OCc1ccccc1)C(C)(C)C2.O=C=O.O=C=O. The molecule has 148 valence electrons.